The highest BCUT2D eigenvalue weighted by Crippen LogP contribution is 1.95. The Labute approximate surface area is 97.7 Å². The second-order valence-corrected chi connectivity index (χ2v) is 3.78. The minimum atomic E-state index is -0.176. The topological polar surface area (TPSA) is 55.4 Å². The van der Waals surface area contributed by atoms with Gasteiger partial charge in [0, 0.05) is 19.4 Å². The second kappa shape index (κ2) is 10.5. The van der Waals surface area contributed by atoms with E-state index in [1.165, 1.54) is 0 Å². The predicted octanol–water partition coefficient (Wildman–Crippen LogP) is 2.03. The molecular weight excluding hydrogens is 206 g/mol. The van der Waals surface area contributed by atoms with Gasteiger partial charge in [0.25, 0.3) is 0 Å². The first-order valence-corrected chi connectivity index (χ1v) is 6.13. The molecule has 0 atom stereocenters. The zero-order valence-corrected chi connectivity index (χ0v) is 10.4. The third-order valence-electron chi connectivity index (χ3n) is 2.10. The average molecular weight is 229 g/mol. The van der Waals surface area contributed by atoms with Gasteiger partial charge in [-0.1, -0.05) is 20.3 Å². The Hall–Kier alpha value is -1.06. The summed E-state index contributed by atoms with van der Waals surface area (Å²) in [5, 5.41) is 2.78. The maximum Gasteiger partial charge on any atom is 0.305 e. The summed E-state index contributed by atoms with van der Waals surface area (Å²) in [7, 11) is 0. The fourth-order valence-corrected chi connectivity index (χ4v) is 1.17. The molecule has 1 amide bonds. The molecule has 0 unspecified atom stereocenters. The Morgan fingerprint density at radius 2 is 1.81 bits per heavy atom. The standard InChI is InChI=1S/C12H23NO3/c1-3-5-7-11(14)13-9-6-8-12(15)16-10-4-2/h3-10H2,1-2H3,(H,13,14). The average Bonchev–Trinajstić information content (AvgIpc) is 2.29. The summed E-state index contributed by atoms with van der Waals surface area (Å²) in [4.78, 5) is 22.3. The predicted molar refractivity (Wildman–Crippen MR) is 63.0 cm³/mol. The van der Waals surface area contributed by atoms with Crippen molar-refractivity contribution in [2.75, 3.05) is 13.2 Å². The molecule has 0 saturated carbocycles. The number of nitrogens with one attached hydrogen (secondary N) is 1. The summed E-state index contributed by atoms with van der Waals surface area (Å²) in [5.74, 6) is -0.103. The maximum atomic E-state index is 11.2. The molecule has 0 aliphatic heterocycles. The first-order valence-electron chi connectivity index (χ1n) is 6.13. The van der Waals surface area contributed by atoms with Crippen LogP contribution in [0.5, 0.6) is 0 Å². The van der Waals surface area contributed by atoms with E-state index in [9.17, 15) is 9.59 Å². The van der Waals surface area contributed by atoms with Crippen molar-refractivity contribution >= 4 is 11.9 Å². The van der Waals surface area contributed by atoms with E-state index in [4.69, 9.17) is 4.74 Å². The number of amides is 1. The molecule has 0 radical (unpaired) electrons. The molecular formula is C12H23NO3. The highest BCUT2D eigenvalue weighted by molar-refractivity contribution is 5.75. The second-order valence-electron chi connectivity index (χ2n) is 3.78. The van der Waals surface area contributed by atoms with Crippen molar-refractivity contribution in [3.63, 3.8) is 0 Å². The smallest absolute Gasteiger partial charge is 0.305 e. The lowest BCUT2D eigenvalue weighted by molar-refractivity contribution is -0.143. The van der Waals surface area contributed by atoms with E-state index in [1.807, 2.05) is 6.92 Å². The molecule has 94 valence electrons. The van der Waals surface area contributed by atoms with Gasteiger partial charge in [-0.25, -0.2) is 0 Å². The largest absolute Gasteiger partial charge is 0.466 e. The van der Waals surface area contributed by atoms with E-state index < -0.39 is 0 Å². The quantitative estimate of drug-likeness (QED) is 0.486. The number of ether oxygens (including phenoxy) is 1. The summed E-state index contributed by atoms with van der Waals surface area (Å²) in [5.41, 5.74) is 0. The highest BCUT2D eigenvalue weighted by Gasteiger charge is 2.03. The van der Waals surface area contributed by atoms with Crippen LogP contribution in [0.4, 0.5) is 0 Å². The van der Waals surface area contributed by atoms with Gasteiger partial charge in [-0.05, 0) is 19.3 Å². The van der Waals surface area contributed by atoms with Gasteiger partial charge in [-0.3, -0.25) is 9.59 Å². The summed E-state index contributed by atoms with van der Waals surface area (Å²) < 4.78 is 4.91. The van der Waals surface area contributed by atoms with Crippen LogP contribution in [0, 0.1) is 0 Å². The van der Waals surface area contributed by atoms with E-state index in [0.717, 1.165) is 19.3 Å². The van der Waals surface area contributed by atoms with Gasteiger partial charge >= 0.3 is 5.97 Å². The zero-order valence-electron chi connectivity index (χ0n) is 10.4. The summed E-state index contributed by atoms with van der Waals surface area (Å²) in [6.07, 6.45) is 4.41. The van der Waals surface area contributed by atoms with Crippen LogP contribution in [-0.2, 0) is 14.3 Å². The lowest BCUT2D eigenvalue weighted by Crippen LogP contribution is -2.24. The SMILES string of the molecule is CCCCC(=O)NCCCC(=O)OCCC. The van der Waals surface area contributed by atoms with E-state index in [0.29, 0.717) is 32.4 Å². The molecule has 0 fully saturated rings. The Morgan fingerprint density at radius 3 is 2.44 bits per heavy atom. The van der Waals surface area contributed by atoms with Crippen molar-refractivity contribution < 1.29 is 14.3 Å². The van der Waals surface area contributed by atoms with Crippen molar-refractivity contribution in [1.82, 2.24) is 5.32 Å². The maximum absolute atomic E-state index is 11.2. The third kappa shape index (κ3) is 9.49. The van der Waals surface area contributed by atoms with Crippen molar-refractivity contribution in [2.45, 2.75) is 52.4 Å². The van der Waals surface area contributed by atoms with Crippen LogP contribution in [0.15, 0.2) is 0 Å². The molecule has 0 aromatic carbocycles. The van der Waals surface area contributed by atoms with E-state index >= 15 is 0 Å². The summed E-state index contributed by atoms with van der Waals surface area (Å²) >= 11 is 0. The molecule has 4 heteroatoms. The van der Waals surface area contributed by atoms with Crippen molar-refractivity contribution in [2.24, 2.45) is 0 Å². The number of hydrogen-bond acceptors (Lipinski definition) is 3. The lowest BCUT2D eigenvalue weighted by atomic mass is 10.2. The van der Waals surface area contributed by atoms with Crippen LogP contribution in [0.2, 0.25) is 0 Å². The van der Waals surface area contributed by atoms with E-state index in [1.54, 1.807) is 0 Å². The molecule has 1 N–H and O–H groups in total. The molecule has 4 nitrogen and oxygen atoms in total. The number of esters is 1. The number of carbonyl (C=O) groups is 2. The first kappa shape index (κ1) is 14.9. The third-order valence-corrected chi connectivity index (χ3v) is 2.10. The Bertz CT molecular complexity index is 182. The van der Waals surface area contributed by atoms with E-state index in [-0.39, 0.29) is 11.9 Å². The van der Waals surface area contributed by atoms with Gasteiger partial charge in [0.1, 0.15) is 0 Å². The molecule has 0 aromatic rings. The summed E-state index contributed by atoms with van der Waals surface area (Å²) in [6, 6.07) is 0. The van der Waals surface area contributed by atoms with Crippen LogP contribution < -0.4 is 5.32 Å². The molecule has 16 heavy (non-hydrogen) atoms. The van der Waals surface area contributed by atoms with Gasteiger partial charge < -0.3 is 10.1 Å². The molecule has 0 aliphatic rings. The molecule has 0 aromatic heterocycles. The number of rotatable bonds is 9. The Kier molecular flexibility index (Phi) is 9.76. The molecule has 0 saturated heterocycles. The van der Waals surface area contributed by atoms with Crippen LogP contribution in [-0.4, -0.2) is 25.0 Å². The first-order chi connectivity index (χ1) is 7.70. The zero-order chi connectivity index (χ0) is 12.2. The molecule has 0 aliphatic carbocycles. The lowest BCUT2D eigenvalue weighted by Gasteiger charge is -2.05. The summed E-state index contributed by atoms with van der Waals surface area (Å²) in [6.45, 7) is 5.06. The molecule has 0 rings (SSSR count). The van der Waals surface area contributed by atoms with Gasteiger partial charge in [-0.15, -0.1) is 0 Å². The number of unbranched alkanes of at least 4 members (excludes halogenated alkanes) is 1. The number of hydrogen-bond donors (Lipinski definition) is 1. The fourth-order valence-electron chi connectivity index (χ4n) is 1.17. The normalized spacial score (nSPS) is 9.88. The minimum absolute atomic E-state index is 0.0729. The van der Waals surface area contributed by atoms with Crippen LogP contribution >= 0.6 is 0 Å². The van der Waals surface area contributed by atoms with Crippen LogP contribution in [0.25, 0.3) is 0 Å². The van der Waals surface area contributed by atoms with Crippen molar-refractivity contribution in [1.29, 1.82) is 0 Å². The minimum Gasteiger partial charge on any atom is -0.466 e. The number of carbonyl (C=O) groups excluding carboxylic acids is 2. The van der Waals surface area contributed by atoms with E-state index in [2.05, 4.69) is 12.2 Å². The van der Waals surface area contributed by atoms with Crippen LogP contribution in [0.1, 0.15) is 52.4 Å². The monoisotopic (exact) mass is 229 g/mol. The molecule has 0 heterocycles. The molecule has 0 spiro atoms. The van der Waals surface area contributed by atoms with Crippen molar-refractivity contribution in [3.8, 4) is 0 Å². The highest BCUT2D eigenvalue weighted by atomic mass is 16.5. The van der Waals surface area contributed by atoms with Crippen molar-refractivity contribution in [3.05, 3.63) is 0 Å². The Balaban J connectivity index is 3.31. The van der Waals surface area contributed by atoms with Gasteiger partial charge in [-0.2, -0.15) is 0 Å². The molecule has 0 bridgehead atoms. The van der Waals surface area contributed by atoms with Crippen LogP contribution in [0.3, 0.4) is 0 Å². The van der Waals surface area contributed by atoms with Gasteiger partial charge in [0.05, 0.1) is 6.61 Å². The van der Waals surface area contributed by atoms with Gasteiger partial charge in [0.15, 0.2) is 0 Å². The fraction of sp³-hybridized carbons (Fsp3) is 0.833. The van der Waals surface area contributed by atoms with Gasteiger partial charge in [0.2, 0.25) is 5.91 Å². The Morgan fingerprint density at radius 1 is 1.06 bits per heavy atom.